The molecule has 0 fully saturated rings. The molecule has 1 aliphatic carbocycles. The average molecular weight is 434 g/mol. The zero-order chi connectivity index (χ0) is 23.0. The number of aryl methyl sites for hydroxylation is 2. The minimum atomic E-state index is -0.288. The molecule has 0 radical (unpaired) electrons. The second-order valence-corrected chi connectivity index (χ2v) is 9.03. The first-order chi connectivity index (χ1) is 15.2. The normalized spacial score (nSPS) is 19.1. The molecule has 9 nitrogen and oxygen atoms in total. The Morgan fingerprint density at radius 3 is 2.62 bits per heavy atom. The number of nitrogens with two attached hydrogens (primary N) is 1. The second-order valence-electron chi connectivity index (χ2n) is 9.03. The highest BCUT2D eigenvalue weighted by Gasteiger charge is 2.34. The molecule has 3 aromatic rings. The van der Waals surface area contributed by atoms with Crippen molar-refractivity contribution in [3.8, 4) is 11.4 Å². The lowest BCUT2D eigenvalue weighted by Gasteiger charge is -2.37. The summed E-state index contributed by atoms with van der Waals surface area (Å²) in [7, 11) is 0. The Balaban J connectivity index is 1.73. The van der Waals surface area contributed by atoms with Crippen LogP contribution in [0.25, 0.3) is 22.6 Å². The van der Waals surface area contributed by atoms with Crippen molar-refractivity contribution in [2.24, 2.45) is 11.7 Å². The lowest BCUT2D eigenvalue weighted by Crippen LogP contribution is -2.40. The molecule has 0 spiro atoms. The van der Waals surface area contributed by atoms with Gasteiger partial charge in [0.05, 0.1) is 5.56 Å². The number of imidazole rings is 1. The van der Waals surface area contributed by atoms with Crippen LogP contribution < -0.4 is 11.1 Å². The molecule has 168 valence electrons. The second kappa shape index (κ2) is 8.29. The number of rotatable bonds is 6. The van der Waals surface area contributed by atoms with Crippen LogP contribution in [0.1, 0.15) is 52.8 Å². The van der Waals surface area contributed by atoms with E-state index in [2.05, 4.69) is 43.7 Å². The summed E-state index contributed by atoms with van der Waals surface area (Å²) in [5.41, 5.74) is 10.7. The Labute approximate surface area is 188 Å². The van der Waals surface area contributed by atoms with Crippen molar-refractivity contribution < 1.29 is 0 Å². The molecule has 32 heavy (non-hydrogen) atoms. The molecule has 3 aromatic heterocycles. The lowest BCUT2D eigenvalue weighted by atomic mass is 9.78. The Morgan fingerprint density at radius 2 is 1.97 bits per heavy atom. The van der Waals surface area contributed by atoms with E-state index in [1.54, 1.807) is 18.7 Å². The van der Waals surface area contributed by atoms with Gasteiger partial charge >= 0.3 is 0 Å². The number of fused-ring (bicyclic) bond motifs is 1. The average Bonchev–Trinajstić information content (AvgIpc) is 3.15. The van der Waals surface area contributed by atoms with Crippen LogP contribution in [0.5, 0.6) is 0 Å². The van der Waals surface area contributed by atoms with E-state index in [1.807, 2.05) is 20.8 Å². The quantitative estimate of drug-likeness (QED) is 0.503. The van der Waals surface area contributed by atoms with Gasteiger partial charge in [0.15, 0.2) is 17.0 Å². The SMILES string of the molecule is CCn1c(-c2cnc(C)nc2)nc2c(NC3(C)CCC(N)=C(C(=N)C(C)C)C3)ncnc21. The van der Waals surface area contributed by atoms with Gasteiger partial charge in [-0.3, -0.25) is 0 Å². The first kappa shape index (κ1) is 21.9. The molecule has 1 unspecified atom stereocenters. The van der Waals surface area contributed by atoms with Crippen LogP contribution in [0.15, 0.2) is 30.0 Å². The van der Waals surface area contributed by atoms with Gasteiger partial charge in [0.1, 0.15) is 18.0 Å². The van der Waals surface area contributed by atoms with E-state index in [0.717, 1.165) is 47.0 Å². The number of nitrogens with one attached hydrogen (secondary N) is 2. The minimum Gasteiger partial charge on any atom is -0.402 e. The molecule has 0 saturated heterocycles. The summed E-state index contributed by atoms with van der Waals surface area (Å²) in [6.45, 7) is 10.9. The van der Waals surface area contributed by atoms with Crippen LogP contribution in [0, 0.1) is 18.3 Å². The van der Waals surface area contributed by atoms with Gasteiger partial charge < -0.3 is 21.0 Å². The van der Waals surface area contributed by atoms with Gasteiger partial charge in [-0.25, -0.2) is 24.9 Å². The molecule has 0 aromatic carbocycles. The van der Waals surface area contributed by atoms with Crippen LogP contribution in [0.4, 0.5) is 5.82 Å². The summed E-state index contributed by atoms with van der Waals surface area (Å²) in [5, 5.41) is 12.1. The maximum Gasteiger partial charge on any atom is 0.165 e. The zero-order valence-electron chi connectivity index (χ0n) is 19.4. The molecule has 0 bridgehead atoms. The van der Waals surface area contributed by atoms with E-state index in [9.17, 15) is 0 Å². The van der Waals surface area contributed by atoms with Crippen molar-refractivity contribution in [2.45, 2.75) is 66.0 Å². The number of anilines is 1. The standard InChI is InChI=1S/C23H31N9/c1-6-32-21(15-10-26-14(4)27-11-15)30-19-20(28-12-29-22(19)32)31-23(5)8-7-17(24)16(9-23)18(25)13(2)3/h10-13,25H,6-9,24H2,1-5H3,(H,28,29,31). The molecule has 0 amide bonds. The molecule has 9 heteroatoms. The van der Waals surface area contributed by atoms with Crippen LogP contribution >= 0.6 is 0 Å². The third-order valence-corrected chi connectivity index (χ3v) is 6.11. The van der Waals surface area contributed by atoms with E-state index in [-0.39, 0.29) is 11.5 Å². The Kier molecular flexibility index (Phi) is 5.66. The smallest absolute Gasteiger partial charge is 0.165 e. The predicted molar refractivity (Wildman–Crippen MR) is 126 cm³/mol. The van der Waals surface area contributed by atoms with Gasteiger partial charge in [-0.15, -0.1) is 0 Å². The molecule has 3 heterocycles. The largest absolute Gasteiger partial charge is 0.402 e. The number of allylic oxidation sites excluding steroid dienone is 1. The molecule has 0 aliphatic heterocycles. The molecule has 4 N–H and O–H groups in total. The number of nitrogens with zero attached hydrogens (tertiary/aromatic N) is 6. The van der Waals surface area contributed by atoms with Gasteiger partial charge in [-0.1, -0.05) is 13.8 Å². The Morgan fingerprint density at radius 1 is 1.25 bits per heavy atom. The fourth-order valence-corrected chi connectivity index (χ4v) is 4.22. The van der Waals surface area contributed by atoms with Crippen molar-refractivity contribution in [1.29, 1.82) is 5.41 Å². The lowest BCUT2D eigenvalue weighted by molar-refractivity contribution is 0.445. The Bertz CT molecular complexity index is 1190. The van der Waals surface area contributed by atoms with E-state index < -0.39 is 0 Å². The van der Waals surface area contributed by atoms with Crippen molar-refractivity contribution in [3.05, 3.63) is 35.8 Å². The third kappa shape index (κ3) is 3.94. The molecule has 0 saturated carbocycles. The Hall–Kier alpha value is -3.36. The molecule has 4 rings (SSSR count). The first-order valence-electron chi connectivity index (χ1n) is 11.1. The highest BCUT2D eigenvalue weighted by Crippen LogP contribution is 2.36. The summed E-state index contributed by atoms with van der Waals surface area (Å²) in [4.78, 5) is 22.6. The number of aromatic nitrogens is 6. The summed E-state index contributed by atoms with van der Waals surface area (Å²) >= 11 is 0. The number of hydrogen-bond acceptors (Lipinski definition) is 8. The van der Waals surface area contributed by atoms with Gasteiger partial charge in [-0.05, 0) is 51.5 Å². The highest BCUT2D eigenvalue weighted by molar-refractivity contribution is 6.00. The predicted octanol–water partition coefficient (Wildman–Crippen LogP) is 3.85. The van der Waals surface area contributed by atoms with Gasteiger partial charge in [-0.2, -0.15) is 0 Å². The number of hydrogen-bond donors (Lipinski definition) is 3. The minimum absolute atomic E-state index is 0.135. The van der Waals surface area contributed by atoms with E-state index in [1.165, 1.54) is 0 Å². The maximum atomic E-state index is 8.50. The summed E-state index contributed by atoms with van der Waals surface area (Å²) in [6.07, 6.45) is 7.42. The molecular weight excluding hydrogens is 402 g/mol. The van der Waals surface area contributed by atoms with E-state index in [0.29, 0.717) is 30.0 Å². The molecular formula is C23H31N9. The highest BCUT2D eigenvalue weighted by atomic mass is 15.2. The monoisotopic (exact) mass is 433 g/mol. The van der Waals surface area contributed by atoms with Crippen LogP contribution in [-0.4, -0.2) is 40.7 Å². The van der Waals surface area contributed by atoms with Crippen molar-refractivity contribution in [2.75, 3.05) is 5.32 Å². The van der Waals surface area contributed by atoms with Crippen LogP contribution in [0.3, 0.4) is 0 Å². The van der Waals surface area contributed by atoms with Gasteiger partial charge in [0.25, 0.3) is 0 Å². The topological polar surface area (TPSA) is 131 Å². The van der Waals surface area contributed by atoms with E-state index in [4.69, 9.17) is 16.1 Å². The fourth-order valence-electron chi connectivity index (χ4n) is 4.22. The summed E-state index contributed by atoms with van der Waals surface area (Å²) in [5.74, 6) is 2.31. The van der Waals surface area contributed by atoms with Crippen LogP contribution in [0.2, 0.25) is 0 Å². The summed E-state index contributed by atoms with van der Waals surface area (Å²) in [6, 6.07) is 0. The molecule has 1 aliphatic rings. The zero-order valence-corrected chi connectivity index (χ0v) is 19.4. The van der Waals surface area contributed by atoms with Crippen LogP contribution in [-0.2, 0) is 6.54 Å². The first-order valence-corrected chi connectivity index (χ1v) is 11.1. The van der Waals surface area contributed by atoms with Gasteiger partial charge in [0.2, 0.25) is 0 Å². The van der Waals surface area contributed by atoms with Crippen molar-refractivity contribution in [3.63, 3.8) is 0 Å². The fraction of sp³-hybridized carbons (Fsp3) is 0.478. The maximum absolute atomic E-state index is 8.50. The van der Waals surface area contributed by atoms with Crippen molar-refractivity contribution in [1.82, 2.24) is 29.5 Å². The van der Waals surface area contributed by atoms with E-state index >= 15 is 0 Å². The molecule has 1 atom stereocenters. The van der Waals surface area contributed by atoms with Gasteiger partial charge in [0, 0.05) is 35.9 Å². The van der Waals surface area contributed by atoms with Crippen molar-refractivity contribution >= 4 is 22.7 Å². The summed E-state index contributed by atoms with van der Waals surface area (Å²) < 4.78 is 2.05. The third-order valence-electron chi connectivity index (χ3n) is 6.11.